The Labute approximate surface area is 180 Å². The molecule has 0 spiro atoms. The first kappa shape index (κ1) is 20.9. The second-order valence-electron chi connectivity index (χ2n) is 7.74. The molecule has 160 valence electrons. The summed E-state index contributed by atoms with van der Waals surface area (Å²) in [4.78, 5) is 14.2. The highest BCUT2D eigenvalue weighted by Crippen LogP contribution is 2.32. The summed E-state index contributed by atoms with van der Waals surface area (Å²) >= 11 is 5.87. The maximum Gasteiger partial charge on any atom is 0.253 e. The Bertz CT molecular complexity index is 907. The van der Waals surface area contributed by atoms with Crippen molar-refractivity contribution in [3.63, 3.8) is 0 Å². The zero-order valence-corrected chi connectivity index (χ0v) is 17.3. The number of aliphatic hydroxyl groups is 2. The van der Waals surface area contributed by atoms with E-state index in [0.29, 0.717) is 30.1 Å². The molecule has 4 rings (SSSR count). The molecule has 0 aliphatic carbocycles. The van der Waals surface area contributed by atoms with Crippen LogP contribution in [0.15, 0.2) is 42.5 Å². The van der Waals surface area contributed by atoms with Crippen molar-refractivity contribution in [3.05, 3.63) is 58.6 Å². The number of hydrogen-bond acceptors (Lipinski definition) is 6. The molecule has 30 heavy (non-hydrogen) atoms. The number of likely N-dealkylation sites (tertiary alicyclic amines) is 1. The molecule has 0 bridgehead atoms. The summed E-state index contributed by atoms with van der Waals surface area (Å²) in [6.07, 6.45) is 0.0228. The summed E-state index contributed by atoms with van der Waals surface area (Å²) in [5.41, 5.74) is 0.340. The van der Waals surface area contributed by atoms with Crippen molar-refractivity contribution < 1.29 is 24.5 Å². The van der Waals surface area contributed by atoms with Crippen LogP contribution in [0.1, 0.15) is 22.3 Å². The average Bonchev–Trinajstić information content (AvgIpc) is 3.21. The second kappa shape index (κ2) is 8.81. The summed E-state index contributed by atoms with van der Waals surface area (Å²) < 4.78 is 10.7. The summed E-state index contributed by atoms with van der Waals surface area (Å²) in [5.74, 6) is 1.33. The maximum absolute atomic E-state index is 12.6. The van der Waals surface area contributed by atoms with E-state index in [9.17, 15) is 15.0 Å². The highest BCUT2D eigenvalue weighted by molar-refractivity contribution is 6.30. The van der Waals surface area contributed by atoms with Gasteiger partial charge in [-0.1, -0.05) is 17.7 Å². The number of amides is 1. The molecule has 0 aromatic heterocycles. The average molecular weight is 433 g/mol. The summed E-state index contributed by atoms with van der Waals surface area (Å²) in [5, 5.41) is 25.2. The number of carbonyl (C=O) groups excluding carboxylic acids is 1. The van der Waals surface area contributed by atoms with Gasteiger partial charge in [0.15, 0.2) is 11.5 Å². The minimum absolute atomic E-state index is 0.0851. The third-order valence-corrected chi connectivity index (χ3v) is 5.92. The van der Waals surface area contributed by atoms with E-state index in [2.05, 4.69) is 5.32 Å². The van der Waals surface area contributed by atoms with Gasteiger partial charge < -0.3 is 29.9 Å². The van der Waals surface area contributed by atoms with Crippen LogP contribution in [0.25, 0.3) is 0 Å². The molecule has 1 fully saturated rings. The van der Waals surface area contributed by atoms with Crippen LogP contribution in [0.2, 0.25) is 5.02 Å². The standard InChI is InChI=1S/C22H25ClN2O5/c23-17-4-2-16(3-5-17)21(27)25-10-8-22(28,20(26)12-25)13-24-9-7-15-1-6-18-19(11-15)30-14-29-18/h1-6,11,20,24,26,28H,7-10,12-14H2/t20-,22-/m0/s1. The van der Waals surface area contributed by atoms with E-state index >= 15 is 0 Å². The minimum atomic E-state index is -1.27. The van der Waals surface area contributed by atoms with Gasteiger partial charge in [0.2, 0.25) is 6.79 Å². The number of nitrogens with one attached hydrogen (secondary N) is 1. The molecule has 2 atom stereocenters. The van der Waals surface area contributed by atoms with Crippen molar-refractivity contribution in [2.45, 2.75) is 24.5 Å². The number of carbonyl (C=O) groups is 1. The fourth-order valence-corrected chi connectivity index (χ4v) is 3.89. The van der Waals surface area contributed by atoms with Crippen LogP contribution in [-0.2, 0) is 6.42 Å². The fourth-order valence-electron chi connectivity index (χ4n) is 3.76. The number of benzene rings is 2. The van der Waals surface area contributed by atoms with E-state index in [1.807, 2.05) is 18.2 Å². The van der Waals surface area contributed by atoms with E-state index in [4.69, 9.17) is 21.1 Å². The Kier molecular flexibility index (Phi) is 6.15. The van der Waals surface area contributed by atoms with Gasteiger partial charge in [0.05, 0.1) is 0 Å². The summed E-state index contributed by atoms with van der Waals surface area (Å²) in [6, 6.07) is 12.5. The monoisotopic (exact) mass is 432 g/mol. The van der Waals surface area contributed by atoms with Crippen LogP contribution in [0.4, 0.5) is 0 Å². The largest absolute Gasteiger partial charge is 0.454 e. The van der Waals surface area contributed by atoms with Crippen molar-refractivity contribution in [3.8, 4) is 11.5 Å². The minimum Gasteiger partial charge on any atom is -0.454 e. The summed E-state index contributed by atoms with van der Waals surface area (Å²) in [7, 11) is 0. The van der Waals surface area contributed by atoms with Crippen LogP contribution in [0.3, 0.4) is 0 Å². The van der Waals surface area contributed by atoms with Gasteiger partial charge in [0, 0.05) is 30.2 Å². The van der Waals surface area contributed by atoms with Crippen LogP contribution < -0.4 is 14.8 Å². The highest BCUT2D eigenvalue weighted by Gasteiger charge is 2.41. The number of fused-ring (bicyclic) bond motifs is 1. The van der Waals surface area contributed by atoms with Crippen LogP contribution in [0, 0.1) is 0 Å². The maximum atomic E-state index is 12.6. The Morgan fingerprint density at radius 1 is 1.20 bits per heavy atom. The lowest BCUT2D eigenvalue weighted by atomic mass is 9.88. The number of aliphatic hydroxyl groups excluding tert-OH is 1. The molecule has 7 nitrogen and oxygen atoms in total. The van der Waals surface area contributed by atoms with Crippen LogP contribution >= 0.6 is 11.6 Å². The number of rotatable bonds is 6. The lowest BCUT2D eigenvalue weighted by Crippen LogP contribution is -2.60. The van der Waals surface area contributed by atoms with Crippen molar-refractivity contribution in [2.75, 3.05) is 33.0 Å². The molecular formula is C22H25ClN2O5. The molecule has 3 N–H and O–H groups in total. The quantitative estimate of drug-likeness (QED) is 0.603. The molecule has 2 aromatic rings. The van der Waals surface area contributed by atoms with E-state index in [1.165, 1.54) is 0 Å². The van der Waals surface area contributed by atoms with Crippen molar-refractivity contribution in [1.29, 1.82) is 0 Å². The van der Waals surface area contributed by atoms with Crippen molar-refractivity contribution in [1.82, 2.24) is 10.2 Å². The molecule has 2 heterocycles. The highest BCUT2D eigenvalue weighted by atomic mass is 35.5. The zero-order chi connectivity index (χ0) is 21.1. The Morgan fingerprint density at radius 2 is 1.97 bits per heavy atom. The van der Waals surface area contributed by atoms with Crippen LogP contribution in [-0.4, -0.2) is 65.7 Å². The molecule has 0 saturated carbocycles. The molecule has 0 radical (unpaired) electrons. The van der Waals surface area contributed by atoms with Crippen molar-refractivity contribution >= 4 is 17.5 Å². The van der Waals surface area contributed by atoms with E-state index in [0.717, 1.165) is 23.5 Å². The Hall–Kier alpha value is -2.32. The molecular weight excluding hydrogens is 408 g/mol. The first-order valence-corrected chi connectivity index (χ1v) is 10.4. The third-order valence-electron chi connectivity index (χ3n) is 5.67. The van der Waals surface area contributed by atoms with Gasteiger partial charge in [-0.15, -0.1) is 0 Å². The topological polar surface area (TPSA) is 91.3 Å². The lowest BCUT2D eigenvalue weighted by Gasteiger charge is -2.42. The summed E-state index contributed by atoms with van der Waals surface area (Å²) in [6.45, 7) is 1.60. The molecule has 1 saturated heterocycles. The number of halogens is 1. The van der Waals surface area contributed by atoms with Gasteiger partial charge >= 0.3 is 0 Å². The SMILES string of the molecule is O=C(c1ccc(Cl)cc1)N1CC[C@](O)(CNCCc2ccc3c(c2)OCO3)[C@@H](O)C1. The number of piperidine rings is 1. The van der Waals surface area contributed by atoms with E-state index in [-0.39, 0.29) is 25.8 Å². The van der Waals surface area contributed by atoms with Gasteiger partial charge in [-0.25, -0.2) is 0 Å². The Morgan fingerprint density at radius 3 is 2.73 bits per heavy atom. The normalized spacial score (nSPS) is 22.9. The molecule has 2 aliphatic heterocycles. The number of β-amino-alcohol motifs (C(OH)–C–C–N with tert-alkyl or cyclic N) is 1. The molecule has 2 aromatic carbocycles. The van der Waals surface area contributed by atoms with Gasteiger partial charge in [-0.2, -0.15) is 0 Å². The smallest absolute Gasteiger partial charge is 0.253 e. The van der Waals surface area contributed by atoms with Gasteiger partial charge in [-0.3, -0.25) is 4.79 Å². The van der Waals surface area contributed by atoms with Crippen molar-refractivity contribution in [2.24, 2.45) is 0 Å². The lowest BCUT2D eigenvalue weighted by molar-refractivity contribution is -0.110. The number of ether oxygens (including phenoxy) is 2. The molecule has 1 amide bonds. The number of nitrogens with zero attached hydrogens (tertiary/aromatic N) is 1. The van der Waals surface area contributed by atoms with Crippen LogP contribution in [0.5, 0.6) is 11.5 Å². The van der Waals surface area contributed by atoms with E-state index < -0.39 is 11.7 Å². The van der Waals surface area contributed by atoms with Gasteiger partial charge in [-0.05, 0) is 61.3 Å². The first-order valence-electron chi connectivity index (χ1n) is 9.99. The molecule has 0 unspecified atom stereocenters. The first-order chi connectivity index (χ1) is 14.4. The van der Waals surface area contributed by atoms with Gasteiger partial charge in [0.25, 0.3) is 5.91 Å². The molecule has 2 aliphatic rings. The predicted molar refractivity (Wildman–Crippen MR) is 112 cm³/mol. The van der Waals surface area contributed by atoms with Gasteiger partial charge in [0.1, 0.15) is 11.7 Å². The van der Waals surface area contributed by atoms with E-state index in [1.54, 1.807) is 29.2 Å². The number of hydrogen-bond donors (Lipinski definition) is 3. The predicted octanol–water partition coefficient (Wildman–Crippen LogP) is 1.84. The zero-order valence-electron chi connectivity index (χ0n) is 16.5. The second-order valence-corrected chi connectivity index (χ2v) is 8.18. The molecule has 8 heteroatoms. The Balaban J connectivity index is 1.26. The fraction of sp³-hybridized carbons (Fsp3) is 0.409. The third kappa shape index (κ3) is 4.54.